The molecule has 0 atom stereocenters. The molecule has 1 aromatic carbocycles. The Kier molecular flexibility index (Phi) is 4.77. The highest BCUT2D eigenvalue weighted by molar-refractivity contribution is 6.03. The van der Waals surface area contributed by atoms with Gasteiger partial charge in [-0.05, 0) is 36.2 Å². The number of carbonyl (C=O) groups is 2. The molecular weight excluding hydrogens is 270 g/mol. The van der Waals surface area contributed by atoms with Crippen molar-refractivity contribution in [3.63, 3.8) is 0 Å². The maximum atomic E-state index is 12.0. The Morgan fingerprint density at radius 1 is 1.38 bits per heavy atom. The average Bonchev–Trinajstić information content (AvgIpc) is 3.00. The van der Waals surface area contributed by atoms with Gasteiger partial charge < -0.3 is 14.5 Å². The first-order valence-corrected chi connectivity index (χ1v) is 6.67. The van der Waals surface area contributed by atoms with E-state index in [2.05, 4.69) is 5.32 Å². The van der Waals surface area contributed by atoms with Crippen LogP contribution in [-0.4, -0.2) is 18.8 Å². The van der Waals surface area contributed by atoms with E-state index in [0.29, 0.717) is 29.5 Å². The predicted octanol–water partition coefficient (Wildman–Crippen LogP) is 3.38. The van der Waals surface area contributed by atoms with Gasteiger partial charge in [-0.1, -0.05) is 13.8 Å². The van der Waals surface area contributed by atoms with Gasteiger partial charge in [-0.2, -0.15) is 0 Å². The topological polar surface area (TPSA) is 68.5 Å². The Labute approximate surface area is 122 Å². The first-order valence-electron chi connectivity index (χ1n) is 6.67. The molecule has 1 amide bonds. The summed E-state index contributed by atoms with van der Waals surface area (Å²) in [5, 5.41) is 2.69. The van der Waals surface area contributed by atoms with E-state index in [1.807, 2.05) is 13.8 Å². The number of amides is 1. The van der Waals surface area contributed by atoms with E-state index < -0.39 is 5.91 Å². The normalized spacial score (nSPS) is 10.4. The minimum absolute atomic E-state index is 0.196. The first kappa shape index (κ1) is 14.8. The molecule has 0 spiro atoms. The molecule has 0 bridgehead atoms. The van der Waals surface area contributed by atoms with Crippen LogP contribution in [0.25, 0.3) is 0 Å². The summed E-state index contributed by atoms with van der Waals surface area (Å²) in [6.45, 7) is 4.58. The van der Waals surface area contributed by atoms with Crippen LogP contribution in [0.3, 0.4) is 0 Å². The molecule has 1 heterocycles. The minimum atomic E-state index is -0.391. The third-order valence-electron chi connectivity index (χ3n) is 2.71. The van der Waals surface area contributed by atoms with Crippen molar-refractivity contribution in [1.29, 1.82) is 0 Å². The van der Waals surface area contributed by atoms with Crippen LogP contribution in [-0.2, 0) is 0 Å². The number of anilines is 1. The highest BCUT2D eigenvalue weighted by Crippen LogP contribution is 2.26. The van der Waals surface area contributed by atoms with Gasteiger partial charge in [-0.25, -0.2) is 0 Å². The zero-order chi connectivity index (χ0) is 15.2. The van der Waals surface area contributed by atoms with Crippen molar-refractivity contribution in [2.24, 2.45) is 5.92 Å². The standard InChI is InChI=1S/C16H17NO4/c1-11(2)10-21-14-6-5-12(9-18)8-13(14)17-16(19)15-4-3-7-20-15/h3-9,11H,10H2,1-2H3,(H,17,19). The zero-order valence-electron chi connectivity index (χ0n) is 12.0. The van der Waals surface area contributed by atoms with Gasteiger partial charge in [0.1, 0.15) is 12.0 Å². The van der Waals surface area contributed by atoms with Crippen molar-refractivity contribution < 1.29 is 18.7 Å². The maximum absolute atomic E-state index is 12.0. The molecule has 0 saturated heterocycles. The number of furan rings is 1. The van der Waals surface area contributed by atoms with E-state index in [9.17, 15) is 9.59 Å². The number of rotatable bonds is 6. The number of benzene rings is 1. The molecule has 0 unspecified atom stereocenters. The predicted molar refractivity (Wildman–Crippen MR) is 78.8 cm³/mol. The first-order chi connectivity index (χ1) is 10.1. The summed E-state index contributed by atoms with van der Waals surface area (Å²) in [7, 11) is 0. The van der Waals surface area contributed by atoms with Crippen LogP contribution in [0.1, 0.15) is 34.8 Å². The van der Waals surface area contributed by atoms with E-state index >= 15 is 0 Å². The largest absolute Gasteiger partial charge is 0.491 e. The molecule has 0 fully saturated rings. The van der Waals surface area contributed by atoms with E-state index in [1.165, 1.54) is 6.26 Å². The lowest BCUT2D eigenvalue weighted by molar-refractivity contribution is 0.0995. The summed E-state index contributed by atoms with van der Waals surface area (Å²) < 4.78 is 10.7. The smallest absolute Gasteiger partial charge is 0.291 e. The molecule has 5 heteroatoms. The van der Waals surface area contributed by atoms with E-state index in [4.69, 9.17) is 9.15 Å². The minimum Gasteiger partial charge on any atom is -0.491 e. The van der Waals surface area contributed by atoms with Gasteiger partial charge in [0.05, 0.1) is 18.6 Å². The number of aldehydes is 1. The lowest BCUT2D eigenvalue weighted by Crippen LogP contribution is -2.13. The summed E-state index contributed by atoms with van der Waals surface area (Å²) in [5.41, 5.74) is 0.906. The summed E-state index contributed by atoms with van der Waals surface area (Å²) in [6.07, 6.45) is 2.14. The molecule has 1 N–H and O–H groups in total. The number of hydrogen-bond donors (Lipinski definition) is 1. The van der Waals surface area contributed by atoms with E-state index in [1.54, 1.807) is 30.3 Å². The lowest BCUT2D eigenvalue weighted by Gasteiger charge is -2.14. The maximum Gasteiger partial charge on any atom is 0.291 e. The fourth-order valence-electron chi connectivity index (χ4n) is 1.69. The second kappa shape index (κ2) is 6.74. The lowest BCUT2D eigenvalue weighted by atomic mass is 10.2. The zero-order valence-corrected chi connectivity index (χ0v) is 12.0. The van der Waals surface area contributed by atoms with Crippen molar-refractivity contribution in [3.8, 4) is 5.75 Å². The van der Waals surface area contributed by atoms with E-state index in [0.717, 1.165) is 6.29 Å². The summed E-state index contributed by atoms with van der Waals surface area (Å²) in [5.74, 6) is 0.678. The molecule has 5 nitrogen and oxygen atoms in total. The Morgan fingerprint density at radius 2 is 2.19 bits per heavy atom. The Balaban J connectivity index is 2.22. The molecule has 2 aromatic rings. The van der Waals surface area contributed by atoms with Gasteiger partial charge in [-0.15, -0.1) is 0 Å². The van der Waals surface area contributed by atoms with Crippen LogP contribution in [0.2, 0.25) is 0 Å². The molecular formula is C16H17NO4. The Morgan fingerprint density at radius 3 is 2.81 bits per heavy atom. The molecule has 1 aromatic heterocycles. The number of ether oxygens (including phenoxy) is 1. The molecule has 21 heavy (non-hydrogen) atoms. The third kappa shape index (κ3) is 3.95. The molecule has 0 aliphatic rings. The summed E-state index contributed by atoms with van der Waals surface area (Å²) >= 11 is 0. The van der Waals surface area contributed by atoms with Crippen molar-refractivity contribution in [2.75, 3.05) is 11.9 Å². The third-order valence-corrected chi connectivity index (χ3v) is 2.71. The quantitative estimate of drug-likeness (QED) is 0.827. The summed E-state index contributed by atoms with van der Waals surface area (Å²) in [6, 6.07) is 8.08. The molecule has 0 aliphatic carbocycles. The van der Waals surface area contributed by atoms with Crippen LogP contribution in [0.15, 0.2) is 41.0 Å². The van der Waals surface area contributed by atoms with Crippen molar-refractivity contribution in [3.05, 3.63) is 47.9 Å². The molecule has 0 aliphatic heterocycles. The van der Waals surface area contributed by atoms with Gasteiger partial charge in [0, 0.05) is 5.56 Å². The SMILES string of the molecule is CC(C)COc1ccc(C=O)cc1NC(=O)c1ccco1. The number of carbonyl (C=O) groups excluding carboxylic acids is 2. The Bertz CT molecular complexity index is 617. The van der Waals surface area contributed by atoms with Gasteiger partial charge in [0.2, 0.25) is 0 Å². The number of hydrogen-bond acceptors (Lipinski definition) is 4. The highest BCUT2D eigenvalue weighted by Gasteiger charge is 2.13. The fourth-order valence-corrected chi connectivity index (χ4v) is 1.69. The Hall–Kier alpha value is -2.56. The monoisotopic (exact) mass is 287 g/mol. The highest BCUT2D eigenvalue weighted by atomic mass is 16.5. The second-order valence-corrected chi connectivity index (χ2v) is 5.01. The van der Waals surface area contributed by atoms with Crippen molar-refractivity contribution in [1.82, 2.24) is 0 Å². The van der Waals surface area contributed by atoms with Crippen LogP contribution in [0, 0.1) is 5.92 Å². The fraction of sp³-hybridized carbons (Fsp3) is 0.250. The van der Waals surface area contributed by atoms with Gasteiger partial charge >= 0.3 is 0 Å². The van der Waals surface area contributed by atoms with E-state index in [-0.39, 0.29) is 5.76 Å². The van der Waals surface area contributed by atoms with Crippen LogP contribution in [0.5, 0.6) is 5.75 Å². The van der Waals surface area contributed by atoms with Gasteiger partial charge in [0.25, 0.3) is 5.91 Å². The van der Waals surface area contributed by atoms with Crippen LogP contribution in [0.4, 0.5) is 5.69 Å². The van der Waals surface area contributed by atoms with Gasteiger partial charge in [0.15, 0.2) is 5.76 Å². The molecule has 2 rings (SSSR count). The van der Waals surface area contributed by atoms with Gasteiger partial charge in [-0.3, -0.25) is 9.59 Å². The molecule has 110 valence electrons. The van der Waals surface area contributed by atoms with Crippen molar-refractivity contribution in [2.45, 2.75) is 13.8 Å². The summed E-state index contributed by atoms with van der Waals surface area (Å²) in [4.78, 5) is 22.9. The van der Waals surface area contributed by atoms with Crippen molar-refractivity contribution >= 4 is 17.9 Å². The number of nitrogens with one attached hydrogen (secondary N) is 1. The second-order valence-electron chi connectivity index (χ2n) is 5.01. The van der Waals surface area contributed by atoms with Crippen LogP contribution < -0.4 is 10.1 Å². The average molecular weight is 287 g/mol. The molecule has 0 radical (unpaired) electrons. The molecule has 0 saturated carbocycles. The van der Waals surface area contributed by atoms with Crippen LogP contribution >= 0.6 is 0 Å².